The number of hydrogen-bond acceptors (Lipinski definition) is 2. The number of hydrogen-bond donors (Lipinski definition) is 0. The van der Waals surface area contributed by atoms with Crippen molar-refractivity contribution in [1.29, 1.82) is 0 Å². The fourth-order valence-corrected chi connectivity index (χ4v) is 3.21. The second kappa shape index (κ2) is 3.35. The van der Waals surface area contributed by atoms with Gasteiger partial charge in [-0.15, -0.1) is 5.73 Å². The van der Waals surface area contributed by atoms with Crippen LogP contribution in [0.4, 0.5) is 5.69 Å². The molecular formula is C15H15NO. The van der Waals surface area contributed by atoms with Crippen LogP contribution in [0, 0.1) is 0 Å². The summed E-state index contributed by atoms with van der Waals surface area (Å²) in [5.41, 5.74) is 5.34. The Morgan fingerprint density at radius 1 is 1.47 bits per heavy atom. The van der Waals surface area contributed by atoms with Crippen molar-refractivity contribution in [1.82, 2.24) is 0 Å². The van der Waals surface area contributed by atoms with Gasteiger partial charge in [0.1, 0.15) is 5.54 Å². The molecule has 3 rings (SSSR count). The fourth-order valence-electron chi connectivity index (χ4n) is 3.21. The maximum atomic E-state index is 12.7. The number of carbonyl (C=O) groups is 1. The SMILES string of the molecule is C=C=C(C)C12CCCN1c1ccccc1C2=O. The second-order valence-electron chi connectivity index (χ2n) is 4.76. The average Bonchev–Trinajstić information content (AvgIpc) is 2.90. The molecule has 0 radical (unpaired) electrons. The summed E-state index contributed by atoms with van der Waals surface area (Å²) in [6.45, 7) is 6.63. The van der Waals surface area contributed by atoms with Crippen molar-refractivity contribution in [2.24, 2.45) is 0 Å². The molecule has 1 aromatic carbocycles. The second-order valence-corrected chi connectivity index (χ2v) is 4.76. The lowest BCUT2D eigenvalue weighted by molar-refractivity contribution is 0.0931. The van der Waals surface area contributed by atoms with Gasteiger partial charge < -0.3 is 4.90 Å². The Labute approximate surface area is 101 Å². The van der Waals surface area contributed by atoms with Crippen LogP contribution in [0.15, 0.2) is 42.1 Å². The molecule has 1 aromatic rings. The van der Waals surface area contributed by atoms with Crippen LogP contribution in [0.5, 0.6) is 0 Å². The normalized spacial score (nSPS) is 25.5. The summed E-state index contributed by atoms with van der Waals surface area (Å²) < 4.78 is 0. The van der Waals surface area contributed by atoms with Crippen molar-refractivity contribution in [3.05, 3.63) is 47.7 Å². The van der Waals surface area contributed by atoms with Crippen molar-refractivity contribution in [3.8, 4) is 0 Å². The number of nitrogens with zero attached hydrogens (tertiary/aromatic N) is 1. The molecule has 0 aromatic heterocycles. The molecule has 1 fully saturated rings. The van der Waals surface area contributed by atoms with Gasteiger partial charge in [-0.1, -0.05) is 18.7 Å². The molecule has 2 heterocycles. The van der Waals surface area contributed by atoms with Crippen molar-refractivity contribution >= 4 is 11.5 Å². The van der Waals surface area contributed by atoms with E-state index in [0.717, 1.165) is 36.2 Å². The third kappa shape index (κ3) is 1.08. The third-order valence-corrected chi connectivity index (χ3v) is 4.08. The molecule has 0 saturated carbocycles. The number of fused-ring (bicyclic) bond motifs is 3. The molecule has 0 bridgehead atoms. The molecule has 0 spiro atoms. The summed E-state index contributed by atoms with van der Waals surface area (Å²) >= 11 is 0. The lowest BCUT2D eigenvalue weighted by Gasteiger charge is -2.32. The molecular weight excluding hydrogens is 210 g/mol. The van der Waals surface area contributed by atoms with E-state index in [1.807, 2.05) is 31.2 Å². The van der Waals surface area contributed by atoms with Gasteiger partial charge in [0.2, 0.25) is 0 Å². The topological polar surface area (TPSA) is 20.3 Å². The predicted molar refractivity (Wildman–Crippen MR) is 68.4 cm³/mol. The quantitative estimate of drug-likeness (QED) is 0.685. The number of Topliss-reactive ketones (excluding diaryl/α,β-unsaturated/α-hetero) is 1. The van der Waals surface area contributed by atoms with Gasteiger partial charge in [0.15, 0.2) is 5.78 Å². The summed E-state index contributed by atoms with van der Waals surface area (Å²) in [5.74, 6) is 0.222. The van der Waals surface area contributed by atoms with Crippen LogP contribution in [0.25, 0.3) is 0 Å². The molecule has 1 saturated heterocycles. The molecule has 2 nitrogen and oxygen atoms in total. The minimum absolute atomic E-state index is 0.222. The zero-order valence-electron chi connectivity index (χ0n) is 9.99. The van der Waals surface area contributed by atoms with Crippen LogP contribution < -0.4 is 4.90 Å². The Kier molecular flexibility index (Phi) is 2.04. The Bertz CT molecular complexity index is 554. The number of anilines is 1. The summed E-state index contributed by atoms with van der Waals surface area (Å²) in [6.07, 6.45) is 1.94. The molecule has 17 heavy (non-hydrogen) atoms. The highest BCUT2D eigenvalue weighted by atomic mass is 16.1. The molecule has 2 heteroatoms. The minimum Gasteiger partial charge on any atom is -0.354 e. The molecule has 0 N–H and O–H groups in total. The number of benzene rings is 1. The van der Waals surface area contributed by atoms with Crippen molar-refractivity contribution in [2.75, 3.05) is 11.4 Å². The summed E-state index contributed by atoms with van der Waals surface area (Å²) in [7, 11) is 0. The highest BCUT2D eigenvalue weighted by Crippen LogP contribution is 2.48. The van der Waals surface area contributed by atoms with E-state index >= 15 is 0 Å². The van der Waals surface area contributed by atoms with Crippen molar-refractivity contribution in [3.63, 3.8) is 0 Å². The first-order valence-electron chi connectivity index (χ1n) is 6.00. The van der Waals surface area contributed by atoms with Crippen molar-refractivity contribution in [2.45, 2.75) is 25.3 Å². The zero-order chi connectivity index (χ0) is 12.0. The van der Waals surface area contributed by atoms with Gasteiger partial charge in [0, 0.05) is 23.4 Å². The molecule has 0 aliphatic carbocycles. The lowest BCUT2D eigenvalue weighted by Crippen LogP contribution is -2.46. The van der Waals surface area contributed by atoms with E-state index in [0.29, 0.717) is 0 Å². The van der Waals surface area contributed by atoms with Gasteiger partial charge in [-0.2, -0.15) is 0 Å². The van der Waals surface area contributed by atoms with E-state index in [1.165, 1.54) is 0 Å². The smallest absolute Gasteiger partial charge is 0.195 e. The average molecular weight is 225 g/mol. The van der Waals surface area contributed by atoms with Crippen LogP contribution >= 0.6 is 0 Å². The predicted octanol–water partition coefficient (Wildman–Crippen LogP) is 2.95. The largest absolute Gasteiger partial charge is 0.354 e. The number of para-hydroxylation sites is 1. The summed E-state index contributed by atoms with van der Waals surface area (Å²) in [6, 6.07) is 7.89. The van der Waals surface area contributed by atoms with Gasteiger partial charge in [-0.25, -0.2) is 0 Å². The van der Waals surface area contributed by atoms with Gasteiger partial charge in [0.25, 0.3) is 0 Å². The summed E-state index contributed by atoms with van der Waals surface area (Å²) in [5, 5.41) is 0. The Hall–Kier alpha value is -1.79. The van der Waals surface area contributed by atoms with Crippen LogP contribution in [-0.4, -0.2) is 17.9 Å². The highest BCUT2D eigenvalue weighted by Gasteiger charge is 2.54. The van der Waals surface area contributed by atoms with Gasteiger partial charge >= 0.3 is 0 Å². The maximum absolute atomic E-state index is 12.7. The van der Waals surface area contributed by atoms with Gasteiger partial charge in [-0.05, 0) is 31.9 Å². The first-order valence-corrected chi connectivity index (χ1v) is 6.00. The van der Waals surface area contributed by atoms with E-state index in [1.54, 1.807) is 0 Å². The van der Waals surface area contributed by atoms with E-state index in [-0.39, 0.29) is 5.78 Å². The maximum Gasteiger partial charge on any atom is 0.195 e. The minimum atomic E-state index is -0.481. The lowest BCUT2D eigenvalue weighted by atomic mass is 9.84. The summed E-state index contributed by atoms with van der Waals surface area (Å²) in [4.78, 5) is 14.9. The standard InChI is InChI=1S/C15H15NO/c1-3-11(2)15-9-6-10-16(15)13-8-5-4-7-12(13)14(15)17/h4-5,7-8H,1,6,9-10H2,2H3. The van der Waals surface area contributed by atoms with Gasteiger partial charge in [0.05, 0.1) is 0 Å². The van der Waals surface area contributed by atoms with Crippen LogP contribution in [0.3, 0.4) is 0 Å². The van der Waals surface area contributed by atoms with Crippen molar-refractivity contribution < 1.29 is 4.79 Å². The first kappa shape index (κ1) is 10.4. The fraction of sp³-hybridized carbons (Fsp3) is 0.333. The number of ketones is 1. The molecule has 2 aliphatic rings. The molecule has 1 unspecified atom stereocenters. The van der Waals surface area contributed by atoms with Gasteiger partial charge in [-0.3, -0.25) is 4.79 Å². The Balaban J connectivity index is 2.27. The highest BCUT2D eigenvalue weighted by molar-refractivity contribution is 6.16. The molecule has 86 valence electrons. The molecule has 0 amide bonds. The molecule has 1 atom stereocenters. The monoisotopic (exact) mass is 225 g/mol. The van der Waals surface area contributed by atoms with Crippen LogP contribution in [0.2, 0.25) is 0 Å². The number of rotatable bonds is 1. The third-order valence-electron chi connectivity index (χ3n) is 4.08. The van der Waals surface area contributed by atoms with E-state index in [4.69, 9.17) is 0 Å². The van der Waals surface area contributed by atoms with E-state index in [2.05, 4.69) is 17.2 Å². The van der Waals surface area contributed by atoms with Crippen LogP contribution in [-0.2, 0) is 0 Å². The van der Waals surface area contributed by atoms with Crippen LogP contribution in [0.1, 0.15) is 30.1 Å². The Morgan fingerprint density at radius 2 is 2.24 bits per heavy atom. The Morgan fingerprint density at radius 3 is 3.00 bits per heavy atom. The first-order chi connectivity index (χ1) is 8.21. The van der Waals surface area contributed by atoms with E-state index in [9.17, 15) is 4.79 Å². The molecule has 2 aliphatic heterocycles. The number of carbonyl (C=O) groups excluding carboxylic acids is 1. The zero-order valence-corrected chi connectivity index (χ0v) is 9.99. The van der Waals surface area contributed by atoms with E-state index < -0.39 is 5.54 Å².